The maximum atomic E-state index is 12.1. The molecule has 132 valence electrons. The highest BCUT2D eigenvalue weighted by Gasteiger charge is 2.09. The Morgan fingerprint density at radius 2 is 1.76 bits per heavy atom. The predicted molar refractivity (Wildman–Crippen MR) is 97.8 cm³/mol. The van der Waals surface area contributed by atoms with Crippen molar-refractivity contribution < 1.29 is 9.59 Å². The molecule has 0 fully saturated rings. The van der Waals surface area contributed by atoms with E-state index in [0.717, 1.165) is 12.1 Å². The molecule has 0 aliphatic heterocycles. The number of carbonyl (C=O) groups is 2. The van der Waals surface area contributed by atoms with Crippen LogP contribution in [0, 0.1) is 5.92 Å². The summed E-state index contributed by atoms with van der Waals surface area (Å²) in [6.07, 6.45) is 2.27. The maximum absolute atomic E-state index is 12.1. The molecule has 0 radical (unpaired) electrons. The average molecular weight is 341 g/mol. The number of benzene rings is 1. The van der Waals surface area contributed by atoms with Gasteiger partial charge in [-0.15, -0.1) is 0 Å². The standard InChI is InChI=1S/C18H23N5O2/c1-12(2)8-9-19-18(25)16-10-17(21-11-20-16)23-15-6-4-14(5-7-15)22-13(3)24/h4-7,10-12H,8-9H2,1-3H3,(H,19,25)(H,22,24)(H,20,21,23). The zero-order valence-corrected chi connectivity index (χ0v) is 14.7. The molecule has 2 aromatic rings. The Labute approximate surface area is 147 Å². The Hall–Kier alpha value is -2.96. The predicted octanol–water partition coefficient (Wildman–Crippen LogP) is 2.95. The quantitative estimate of drug-likeness (QED) is 0.719. The molecule has 0 aliphatic rings. The molecule has 1 aromatic carbocycles. The summed E-state index contributed by atoms with van der Waals surface area (Å²) >= 11 is 0. The molecule has 0 unspecified atom stereocenters. The van der Waals surface area contributed by atoms with Gasteiger partial charge >= 0.3 is 0 Å². The molecule has 7 heteroatoms. The van der Waals surface area contributed by atoms with Crippen LogP contribution in [0.2, 0.25) is 0 Å². The Morgan fingerprint density at radius 3 is 2.40 bits per heavy atom. The topological polar surface area (TPSA) is 96.0 Å². The normalized spacial score (nSPS) is 10.4. The fraction of sp³-hybridized carbons (Fsp3) is 0.333. The lowest BCUT2D eigenvalue weighted by atomic mass is 10.1. The number of aromatic nitrogens is 2. The molecule has 2 rings (SSSR count). The van der Waals surface area contributed by atoms with Crippen molar-refractivity contribution >= 4 is 29.0 Å². The van der Waals surface area contributed by atoms with Gasteiger partial charge < -0.3 is 16.0 Å². The van der Waals surface area contributed by atoms with Gasteiger partial charge in [0.25, 0.3) is 5.91 Å². The third-order valence-corrected chi connectivity index (χ3v) is 3.38. The molecule has 3 N–H and O–H groups in total. The van der Waals surface area contributed by atoms with Crippen molar-refractivity contribution in [3.05, 3.63) is 42.4 Å². The van der Waals surface area contributed by atoms with E-state index in [4.69, 9.17) is 0 Å². The first-order valence-electron chi connectivity index (χ1n) is 8.19. The van der Waals surface area contributed by atoms with Gasteiger partial charge in [0.2, 0.25) is 5.91 Å². The first-order chi connectivity index (χ1) is 11.9. The van der Waals surface area contributed by atoms with Crippen molar-refractivity contribution in [2.75, 3.05) is 17.2 Å². The molecule has 0 atom stereocenters. The molecular formula is C18H23N5O2. The molecule has 1 aromatic heterocycles. The fourth-order valence-corrected chi connectivity index (χ4v) is 2.10. The van der Waals surface area contributed by atoms with Crippen LogP contribution in [0.25, 0.3) is 0 Å². The van der Waals surface area contributed by atoms with E-state index in [2.05, 4.69) is 39.8 Å². The largest absolute Gasteiger partial charge is 0.351 e. The van der Waals surface area contributed by atoms with Crippen LogP contribution in [-0.4, -0.2) is 28.3 Å². The Morgan fingerprint density at radius 1 is 1.08 bits per heavy atom. The molecule has 2 amide bonds. The Kier molecular flexibility index (Phi) is 6.45. The highest BCUT2D eigenvalue weighted by Crippen LogP contribution is 2.17. The molecule has 7 nitrogen and oxygen atoms in total. The van der Waals surface area contributed by atoms with E-state index in [0.29, 0.717) is 29.7 Å². The number of rotatable bonds is 7. The number of hydrogen-bond acceptors (Lipinski definition) is 5. The van der Waals surface area contributed by atoms with Gasteiger partial charge in [0.05, 0.1) is 0 Å². The zero-order chi connectivity index (χ0) is 18.2. The van der Waals surface area contributed by atoms with Gasteiger partial charge in [-0.3, -0.25) is 9.59 Å². The lowest BCUT2D eigenvalue weighted by molar-refractivity contribution is -0.114. The van der Waals surface area contributed by atoms with Crippen LogP contribution in [0.15, 0.2) is 36.7 Å². The van der Waals surface area contributed by atoms with Gasteiger partial charge in [-0.2, -0.15) is 0 Å². The minimum absolute atomic E-state index is 0.121. The van der Waals surface area contributed by atoms with Crippen LogP contribution in [-0.2, 0) is 4.79 Å². The third kappa shape index (κ3) is 6.21. The maximum Gasteiger partial charge on any atom is 0.270 e. The van der Waals surface area contributed by atoms with Crippen molar-refractivity contribution in [1.82, 2.24) is 15.3 Å². The van der Waals surface area contributed by atoms with E-state index in [9.17, 15) is 9.59 Å². The number of nitrogens with zero attached hydrogens (tertiary/aromatic N) is 2. The summed E-state index contributed by atoms with van der Waals surface area (Å²) in [6.45, 7) is 6.29. The van der Waals surface area contributed by atoms with Gasteiger partial charge in [0.1, 0.15) is 17.8 Å². The minimum Gasteiger partial charge on any atom is -0.351 e. The van der Waals surface area contributed by atoms with E-state index >= 15 is 0 Å². The minimum atomic E-state index is -0.216. The first-order valence-corrected chi connectivity index (χ1v) is 8.19. The number of nitrogens with one attached hydrogen (secondary N) is 3. The summed E-state index contributed by atoms with van der Waals surface area (Å²) in [5.41, 5.74) is 1.82. The van der Waals surface area contributed by atoms with Crippen molar-refractivity contribution in [1.29, 1.82) is 0 Å². The number of anilines is 3. The smallest absolute Gasteiger partial charge is 0.270 e. The van der Waals surface area contributed by atoms with Gasteiger partial charge in [-0.1, -0.05) is 13.8 Å². The molecule has 0 bridgehead atoms. The molecule has 1 heterocycles. The lowest BCUT2D eigenvalue weighted by Crippen LogP contribution is -2.26. The SMILES string of the molecule is CC(=O)Nc1ccc(Nc2cc(C(=O)NCCC(C)C)ncn2)cc1. The van der Waals surface area contributed by atoms with Crippen LogP contribution in [0.1, 0.15) is 37.7 Å². The summed E-state index contributed by atoms with van der Waals surface area (Å²) in [6, 6.07) is 8.80. The lowest BCUT2D eigenvalue weighted by Gasteiger charge is -2.09. The molecule has 0 saturated carbocycles. The van der Waals surface area contributed by atoms with Crippen LogP contribution in [0.5, 0.6) is 0 Å². The second-order valence-electron chi connectivity index (χ2n) is 6.11. The highest BCUT2D eigenvalue weighted by atomic mass is 16.2. The highest BCUT2D eigenvalue weighted by molar-refractivity contribution is 5.93. The van der Waals surface area contributed by atoms with Gasteiger partial charge in [0.15, 0.2) is 0 Å². The number of amides is 2. The monoisotopic (exact) mass is 341 g/mol. The summed E-state index contributed by atoms with van der Waals surface area (Å²) in [4.78, 5) is 31.3. The molecule has 0 spiro atoms. The van der Waals surface area contributed by atoms with E-state index in [-0.39, 0.29) is 11.8 Å². The first kappa shape index (κ1) is 18.4. The van der Waals surface area contributed by atoms with Crippen LogP contribution in [0.3, 0.4) is 0 Å². The van der Waals surface area contributed by atoms with Crippen molar-refractivity contribution in [3.8, 4) is 0 Å². The number of hydrogen-bond donors (Lipinski definition) is 3. The summed E-state index contributed by atoms with van der Waals surface area (Å²) in [5, 5.41) is 8.66. The van der Waals surface area contributed by atoms with E-state index in [1.54, 1.807) is 18.2 Å². The Bertz CT molecular complexity index is 729. The van der Waals surface area contributed by atoms with Crippen LogP contribution in [0.4, 0.5) is 17.2 Å². The summed E-state index contributed by atoms with van der Waals surface area (Å²) in [5.74, 6) is 0.719. The van der Waals surface area contributed by atoms with Gasteiger partial charge in [0, 0.05) is 30.9 Å². The Balaban J connectivity index is 1.98. The average Bonchev–Trinajstić information content (AvgIpc) is 2.56. The fourth-order valence-electron chi connectivity index (χ4n) is 2.10. The second-order valence-corrected chi connectivity index (χ2v) is 6.11. The van der Waals surface area contributed by atoms with Gasteiger partial charge in [-0.25, -0.2) is 9.97 Å². The van der Waals surface area contributed by atoms with E-state index < -0.39 is 0 Å². The zero-order valence-electron chi connectivity index (χ0n) is 14.7. The van der Waals surface area contributed by atoms with E-state index in [1.807, 2.05) is 12.1 Å². The molecule has 25 heavy (non-hydrogen) atoms. The third-order valence-electron chi connectivity index (χ3n) is 3.38. The van der Waals surface area contributed by atoms with Crippen molar-refractivity contribution in [2.24, 2.45) is 5.92 Å². The molecular weight excluding hydrogens is 318 g/mol. The van der Waals surface area contributed by atoms with Gasteiger partial charge in [-0.05, 0) is 36.6 Å². The van der Waals surface area contributed by atoms with E-state index in [1.165, 1.54) is 13.3 Å². The second kappa shape index (κ2) is 8.77. The van der Waals surface area contributed by atoms with Crippen molar-refractivity contribution in [3.63, 3.8) is 0 Å². The van der Waals surface area contributed by atoms with Crippen LogP contribution >= 0.6 is 0 Å². The van der Waals surface area contributed by atoms with Crippen molar-refractivity contribution in [2.45, 2.75) is 27.2 Å². The van der Waals surface area contributed by atoms with Crippen LogP contribution < -0.4 is 16.0 Å². The summed E-state index contributed by atoms with van der Waals surface area (Å²) in [7, 11) is 0. The summed E-state index contributed by atoms with van der Waals surface area (Å²) < 4.78 is 0. The molecule has 0 aliphatic carbocycles. The molecule has 0 saturated heterocycles. The number of carbonyl (C=O) groups excluding carboxylic acids is 2.